The largest absolute Gasteiger partial charge is 0.495 e. The second-order valence-electron chi connectivity index (χ2n) is 24.1. The molecule has 0 spiro atoms. The Morgan fingerprint density at radius 3 is 2.28 bits per heavy atom. The van der Waals surface area contributed by atoms with Crippen molar-refractivity contribution < 1.29 is 81.4 Å². The minimum atomic E-state index is -2.71. The van der Waals surface area contributed by atoms with E-state index in [1.54, 1.807) is 37.3 Å². The molecule has 4 heterocycles. The molecule has 28 heteroatoms. The first-order chi connectivity index (χ1) is 44.1. The van der Waals surface area contributed by atoms with E-state index in [0.29, 0.717) is 50.9 Å². The molecular formula is C65H95ClN10O17. The number of nitrogens with zero attached hydrogens (tertiary/aromatic N) is 5. The number of hydrogen-bond acceptors (Lipinski definition) is 20. The molecule has 4 bridgehead atoms. The second-order valence-corrected chi connectivity index (χ2v) is 24.5. The van der Waals surface area contributed by atoms with Crippen molar-refractivity contribution >= 4 is 75.8 Å². The Morgan fingerprint density at radius 1 is 0.946 bits per heavy atom. The quantitative estimate of drug-likeness (QED) is 0.0188. The summed E-state index contributed by atoms with van der Waals surface area (Å²) in [4.78, 5) is 114. The fraction of sp³-hybridized carbons (Fsp3) is 0.600. The standard InChI is InChI=1S/C65H95ClN10O17/c1-40-19-18-23-53(87-13)64(85)37-52(90-62(84)71-64)41(2)58-63(6,91-58)65(92-60(82)42(3)73(9)44(5)77,38-56(80)75(11)50-34-45(33-40)35-51(86-12)57(50)66)93-61(83)43(4)74(10)55(79)25-29-88-31-32-89-30-27-69-59(81)48(21-16-17-26-67)70-54(78)24-28-76-47(39-72(8)68-7)36-46-20-14-15-22-49(46)76/h14-15,18-20,22-23,34-36,41-43,48,52-53,58,68,85H,16-17,21,24-33,37-39,67H2,1-13H3,(H,69,81)(H,70,78)(H,71,84)/b23-18+,40-19+/t41-,42+,43?,48?,52+,53?,58+,63-,64+,65-/m1/s1. The van der Waals surface area contributed by atoms with Crippen molar-refractivity contribution in [1.29, 1.82) is 0 Å². The SMILES string of the molecule is CNN(C)Cc1cc2ccccc2n1CCC(=O)NC(CCCCN)C(=O)NCCOCCOCCC(=O)N(C)C(C)C(=O)O[C@]1(OC(=O)[C@H](C)N(C)C(C)=O)CC(=O)N(C)c2cc(cc(OC)c2Cl)C/C(C)=C/C=C/C(OC)[C@@]2(O)C[C@H](OC(=O)N2)[C@@H](C)[C@@H]2O[C@]21C. The maximum atomic E-state index is 15.1. The molecule has 3 aliphatic heterocycles. The number of epoxide rings is 1. The molecule has 0 radical (unpaired) electrons. The van der Waals surface area contributed by atoms with Crippen LogP contribution in [0.15, 0.2) is 66.3 Å². The molecule has 27 nitrogen and oxygen atoms in total. The zero-order valence-corrected chi connectivity index (χ0v) is 56.6. The Labute approximate surface area is 549 Å². The molecule has 0 saturated carbocycles. The van der Waals surface area contributed by atoms with Gasteiger partial charge in [-0.3, -0.25) is 34.7 Å². The molecule has 3 unspecified atom stereocenters. The van der Waals surface area contributed by atoms with E-state index in [2.05, 4.69) is 32.0 Å². The normalized spacial score (nSPS) is 24.2. The third-order valence-electron chi connectivity index (χ3n) is 17.5. The number of esters is 2. The first-order valence-corrected chi connectivity index (χ1v) is 31.7. The number of rotatable bonds is 29. The summed E-state index contributed by atoms with van der Waals surface area (Å²) >= 11 is 6.93. The number of benzene rings is 2. The highest BCUT2D eigenvalue weighted by molar-refractivity contribution is 6.35. The van der Waals surface area contributed by atoms with Crippen molar-refractivity contribution in [1.82, 2.24) is 40.8 Å². The molecule has 93 heavy (non-hydrogen) atoms. The number of ether oxygens (including phenoxy) is 8. The van der Waals surface area contributed by atoms with Crippen LogP contribution in [-0.4, -0.2) is 215 Å². The number of anilines is 1. The summed E-state index contributed by atoms with van der Waals surface area (Å²) in [5.74, 6) is -8.14. The van der Waals surface area contributed by atoms with Gasteiger partial charge in [0.15, 0.2) is 11.3 Å². The van der Waals surface area contributed by atoms with Crippen molar-refractivity contribution in [2.24, 2.45) is 11.7 Å². The van der Waals surface area contributed by atoms with Crippen LogP contribution in [0.4, 0.5) is 10.5 Å². The van der Waals surface area contributed by atoms with Crippen molar-refractivity contribution in [3.05, 3.63) is 82.5 Å². The predicted molar refractivity (Wildman–Crippen MR) is 345 cm³/mol. The van der Waals surface area contributed by atoms with E-state index in [1.165, 1.54) is 68.0 Å². The number of carbonyl (C=O) groups is 8. The zero-order valence-electron chi connectivity index (χ0n) is 55.8. The van der Waals surface area contributed by atoms with Gasteiger partial charge in [-0.15, -0.1) is 0 Å². The number of amides is 6. The van der Waals surface area contributed by atoms with Gasteiger partial charge in [0.1, 0.15) is 53.6 Å². The van der Waals surface area contributed by atoms with Gasteiger partial charge in [0, 0.05) is 85.3 Å². The van der Waals surface area contributed by atoms with Crippen LogP contribution in [0.25, 0.3) is 10.9 Å². The number of unbranched alkanes of at least 4 members (excludes halogenated alkanes) is 1. The Balaban J connectivity index is 1.12. The summed E-state index contributed by atoms with van der Waals surface area (Å²) in [6, 6.07) is 9.93. The molecule has 3 aromatic rings. The number of nitrogens with two attached hydrogens (primary N) is 1. The molecule has 6 amide bonds. The van der Waals surface area contributed by atoms with Gasteiger partial charge in [-0.1, -0.05) is 60.5 Å². The van der Waals surface area contributed by atoms with Gasteiger partial charge in [0.05, 0.1) is 52.2 Å². The molecule has 10 atom stereocenters. The highest BCUT2D eigenvalue weighted by Crippen LogP contribution is 2.55. The Morgan fingerprint density at radius 2 is 1.62 bits per heavy atom. The fourth-order valence-electron chi connectivity index (χ4n) is 11.3. The number of methoxy groups -OCH3 is 2. The molecule has 514 valence electrons. The van der Waals surface area contributed by atoms with Crippen LogP contribution in [0, 0.1) is 5.92 Å². The number of nitrogens with one attached hydrogen (secondary N) is 4. The van der Waals surface area contributed by atoms with E-state index in [9.17, 15) is 38.7 Å². The van der Waals surface area contributed by atoms with Crippen LogP contribution in [0.5, 0.6) is 5.75 Å². The second kappa shape index (κ2) is 33.8. The third-order valence-corrected chi connectivity index (χ3v) is 17.9. The molecule has 1 aromatic heterocycles. The average molecular weight is 1320 g/mol. The number of alkyl carbamates (subject to hydrolysis) is 1. The lowest BCUT2D eigenvalue weighted by Crippen LogP contribution is -2.64. The number of hydrazine groups is 1. The van der Waals surface area contributed by atoms with E-state index in [-0.39, 0.29) is 80.5 Å². The van der Waals surface area contributed by atoms with Crippen molar-refractivity contribution in [3.8, 4) is 5.75 Å². The summed E-state index contributed by atoms with van der Waals surface area (Å²) in [6.45, 7) is 10.7. The average Bonchev–Trinajstić information content (AvgIpc) is 1.54. The number of likely N-dealkylation sites (N-methyl/N-ethyl adjacent to an activating group) is 2. The molecule has 2 aromatic carbocycles. The number of fused-ring (bicyclic) bond motifs is 6. The fourth-order valence-corrected chi connectivity index (χ4v) is 11.6. The van der Waals surface area contributed by atoms with Crippen molar-refractivity contribution in [3.63, 3.8) is 0 Å². The molecule has 6 rings (SSSR count). The minimum absolute atomic E-state index is 0.0469. The number of allylic oxidation sites excluding steroid dienone is 3. The molecular weight excluding hydrogens is 1230 g/mol. The van der Waals surface area contributed by atoms with E-state index in [4.69, 9.17) is 55.2 Å². The summed E-state index contributed by atoms with van der Waals surface area (Å²) in [5.41, 5.74) is 8.57. The Kier molecular flexibility index (Phi) is 27.2. The predicted octanol–water partition coefficient (Wildman–Crippen LogP) is 4.02. The maximum absolute atomic E-state index is 15.1. The van der Waals surface area contributed by atoms with Crippen LogP contribution in [0.2, 0.25) is 5.02 Å². The monoisotopic (exact) mass is 1320 g/mol. The van der Waals surface area contributed by atoms with Crippen molar-refractivity contribution in [2.45, 2.75) is 160 Å². The van der Waals surface area contributed by atoms with Crippen LogP contribution in [0.1, 0.15) is 97.7 Å². The molecule has 2 fully saturated rings. The number of aromatic nitrogens is 1. The highest BCUT2D eigenvalue weighted by atomic mass is 35.5. The lowest BCUT2D eigenvalue weighted by atomic mass is 9.82. The van der Waals surface area contributed by atoms with Crippen LogP contribution >= 0.6 is 11.6 Å². The van der Waals surface area contributed by atoms with E-state index < -0.39 is 102 Å². The molecule has 2 saturated heterocycles. The Hall–Kier alpha value is -7.21. The number of aryl methyl sites for hydroxylation is 1. The summed E-state index contributed by atoms with van der Waals surface area (Å²) in [5, 5.41) is 23.4. The molecule has 0 aliphatic carbocycles. The van der Waals surface area contributed by atoms with E-state index >= 15 is 4.79 Å². The Bertz CT molecular complexity index is 3200. The summed E-state index contributed by atoms with van der Waals surface area (Å²) in [7, 11) is 10.7. The highest BCUT2D eigenvalue weighted by Gasteiger charge is 2.74. The van der Waals surface area contributed by atoms with Gasteiger partial charge >= 0.3 is 18.0 Å². The van der Waals surface area contributed by atoms with Gasteiger partial charge < -0.3 is 78.6 Å². The lowest BCUT2D eigenvalue weighted by Gasteiger charge is -2.42. The van der Waals surface area contributed by atoms with Crippen LogP contribution < -0.4 is 36.7 Å². The van der Waals surface area contributed by atoms with Gasteiger partial charge in [0.25, 0.3) is 5.79 Å². The number of para-hydroxylation sites is 1. The number of aliphatic hydroxyl groups is 1. The van der Waals surface area contributed by atoms with Gasteiger partial charge in [-0.2, -0.15) is 0 Å². The van der Waals surface area contributed by atoms with Crippen LogP contribution in [0.3, 0.4) is 0 Å². The minimum Gasteiger partial charge on any atom is -0.495 e. The summed E-state index contributed by atoms with van der Waals surface area (Å²) in [6.07, 6.45) is 1.46. The van der Waals surface area contributed by atoms with Gasteiger partial charge in [0.2, 0.25) is 29.5 Å². The first-order valence-electron chi connectivity index (χ1n) is 31.3. The lowest BCUT2D eigenvalue weighted by molar-refractivity contribution is -0.255. The number of carbonyl (C=O) groups excluding carboxylic acids is 8. The zero-order chi connectivity index (χ0) is 68.5. The first kappa shape index (κ1) is 74.8. The number of hydrogen-bond donors (Lipinski definition) is 6. The molecule has 3 aliphatic rings. The maximum Gasteiger partial charge on any atom is 0.409 e. The van der Waals surface area contributed by atoms with Gasteiger partial charge in [-0.25, -0.2) is 19.4 Å². The number of halogens is 1. The van der Waals surface area contributed by atoms with Crippen molar-refractivity contribution in [2.75, 3.05) is 93.9 Å². The van der Waals surface area contributed by atoms with Crippen LogP contribution in [-0.2, 0) is 86.2 Å². The molecule has 7 N–H and O–H groups in total. The van der Waals surface area contributed by atoms with Gasteiger partial charge in [-0.05, 0) is 102 Å². The third kappa shape index (κ3) is 19.0. The van der Waals surface area contributed by atoms with E-state index in [1.807, 2.05) is 50.3 Å². The topological polar surface area (TPSA) is 326 Å². The van der Waals surface area contributed by atoms with E-state index in [0.717, 1.165) is 32.0 Å². The smallest absolute Gasteiger partial charge is 0.409 e. The summed E-state index contributed by atoms with van der Waals surface area (Å²) < 4.78 is 49.8.